The summed E-state index contributed by atoms with van der Waals surface area (Å²) in [6.07, 6.45) is 0. The minimum atomic E-state index is 0.0826. The third kappa shape index (κ3) is 5.23. The Kier molecular flexibility index (Phi) is 7.17. The molecule has 3 aromatic rings. The number of benzene rings is 2. The van der Waals surface area contributed by atoms with Crippen LogP contribution in [0.4, 0.5) is 5.69 Å². The maximum absolute atomic E-state index is 13.1. The molecule has 0 radical (unpaired) electrons. The fraction of sp³-hybridized carbons (Fsp3) is 0.375. The van der Waals surface area contributed by atoms with Gasteiger partial charge in [-0.1, -0.05) is 48.2 Å². The number of fused-ring (bicyclic) bond motifs is 1. The van der Waals surface area contributed by atoms with Crippen molar-refractivity contribution in [3.63, 3.8) is 0 Å². The van der Waals surface area contributed by atoms with Gasteiger partial charge in [-0.25, -0.2) is 9.97 Å². The Labute approximate surface area is 187 Å². The number of carbonyl (C=O) groups is 1. The zero-order chi connectivity index (χ0) is 21.6. The van der Waals surface area contributed by atoms with Gasteiger partial charge in [0, 0.05) is 30.7 Å². The van der Waals surface area contributed by atoms with Crippen molar-refractivity contribution >= 4 is 34.3 Å². The molecule has 0 aliphatic carbocycles. The number of carbonyl (C=O) groups excluding carboxylic acids is 1. The molecule has 1 fully saturated rings. The first-order valence-corrected chi connectivity index (χ1v) is 11.7. The van der Waals surface area contributed by atoms with Crippen molar-refractivity contribution in [3.05, 3.63) is 59.9 Å². The van der Waals surface area contributed by atoms with Crippen molar-refractivity contribution in [2.24, 2.45) is 0 Å². The van der Waals surface area contributed by atoms with E-state index < -0.39 is 0 Å². The van der Waals surface area contributed by atoms with E-state index in [2.05, 4.69) is 4.90 Å². The van der Waals surface area contributed by atoms with Crippen LogP contribution in [0.3, 0.4) is 0 Å². The molecule has 0 atom stereocenters. The molecule has 31 heavy (non-hydrogen) atoms. The molecule has 0 bridgehead atoms. The van der Waals surface area contributed by atoms with Crippen LogP contribution in [-0.4, -0.2) is 59.4 Å². The lowest BCUT2D eigenvalue weighted by atomic mass is 10.2. The molecule has 7 heteroatoms. The molecule has 2 aromatic carbocycles. The second-order valence-corrected chi connectivity index (χ2v) is 8.53. The summed E-state index contributed by atoms with van der Waals surface area (Å²) in [5.41, 5.74) is 2.99. The molecule has 4 rings (SSSR count). The average molecular weight is 437 g/mol. The highest BCUT2D eigenvalue weighted by Gasteiger charge is 2.18. The highest BCUT2D eigenvalue weighted by atomic mass is 32.2. The number of anilines is 1. The average Bonchev–Trinajstić information content (AvgIpc) is 2.80. The van der Waals surface area contributed by atoms with E-state index >= 15 is 0 Å². The first kappa shape index (κ1) is 21.7. The van der Waals surface area contributed by atoms with E-state index in [0.29, 0.717) is 18.8 Å². The Morgan fingerprint density at radius 2 is 1.84 bits per heavy atom. The monoisotopic (exact) mass is 436 g/mol. The fourth-order valence-electron chi connectivity index (χ4n) is 3.79. The lowest BCUT2D eigenvalue weighted by Crippen LogP contribution is -2.36. The zero-order valence-corrected chi connectivity index (χ0v) is 18.9. The molecule has 0 saturated carbocycles. The molecule has 0 spiro atoms. The lowest BCUT2D eigenvalue weighted by molar-refractivity contribution is -0.116. The number of aromatic nitrogens is 2. The number of aryl methyl sites for hydroxylation is 1. The second kappa shape index (κ2) is 10.2. The fourth-order valence-corrected chi connectivity index (χ4v) is 4.70. The van der Waals surface area contributed by atoms with Crippen molar-refractivity contribution in [2.75, 3.05) is 43.5 Å². The third-order valence-corrected chi connectivity index (χ3v) is 6.42. The Bertz CT molecular complexity index is 1050. The standard InChI is InChI=1S/C24H28N4O2S/c1-3-28(21-11-7-4-8-18(21)2)23(29)17-31-24-19-9-5-6-10-20(19)25-22(26-24)16-27-12-14-30-15-13-27/h4-11H,3,12-17H2,1-2H3. The number of hydrogen-bond acceptors (Lipinski definition) is 6. The van der Waals surface area contributed by atoms with Gasteiger partial charge in [0.25, 0.3) is 0 Å². The van der Waals surface area contributed by atoms with Gasteiger partial charge in [0.1, 0.15) is 10.9 Å². The largest absolute Gasteiger partial charge is 0.379 e. The summed E-state index contributed by atoms with van der Waals surface area (Å²) in [5.74, 6) is 1.21. The van der Waals surface area contributed by atoms with Gasteiger partial charge in [-0.15, -0.1) is 0 Å². The molecule has 1 aliphatic heterocycles. The maximum atomic E-state index is 13.1. The number of thioether (sulfide) groups is 1. The van der Waals surface area contributed by atoms with Gasteiger partial charge < -0.3 is 9.64 Å². The van der Waals surface area contributed by atoms with Crippen LogP contribution < -0.4 is 4.90 Å². The van der Waals surface area contributed by atoms with Crippen LogP contribution in [0.5, 0.6) is 0 Å². The van der Waals surface area contributed by atoms with Gasteiger partial charge in [0.2, 0.25) is 5.91 Å². The molecule has 6 nitrogen and oxygen atoms in total. The number of amides is 1. The Morgan fingerprint density at radius 1 is 1.10 bits per heavy atom. The van der Waals surface area contributed by atoms with Crippen LogP contribution in [0.15, 0.2) is 53.6 Å². The van der Waals surface area contributed by atoms with Gasteiger partial charge in [-0.3, -0.25) is 9.69 Å². The molecular weight excluding hydrogens is 408 g/mol. The number of morpholine rings is 1. The van der Waals surface area contributed by atoms with E-state index in [4.69, 9.17) is 14.7 Å². The topological polar surface area (TPSA) is 58.6 Å². The Balaban J connectivity index is 1.54. The summed E-state index contributed by atoms with van der Waals surface area (Å²) in [5, 5.41) is 1.85. The second-order valence-electron chi connectivity index (χ2n) is 7.56. The lowest BCUT2D eigenvalue weighted by Gasteiger charge is -2.26. The number of ether oxygens (including phenoxy) is 1. The van der Waals surface area contributed by atoms with Crippen LogP contribution in [0.2, 0.25) is 0 Å². The van der Waals surface area contributed by atoms with E-state index in [1.165, 1.54) is 11.8 Å². The Morgan fingerprint density at radius 3 is 2.61 bits per heavy atom. The van der Waals surface area contributed by atoms with Crippen LogP contribution >= 0.6 is 11.8 Å². The van der Waals surface area contributed by atoms with E-state index in [1.807, 2.05) is 67.3 Å². The summed E-state index contributed by atoms with van der Waals surface area (Å²) < 4.78 is 5.45. The SMILES string of the molecule is CCN(C(=O)CSc1nc(CN2CCOCC2)nc2ccccc12)c1ccccc1C. The molecule has 1 amide bonds. The van der Waals surface area contributed by atoms with Gasteiger partial charge in [0.15, 0.2) is 0 Å². The van der Waals surface area contributed by atoms with Gasteiger partial charge in [0.05, 0.1) is 31.0 Å². The molecule has 1 aliphatic rings. The first-order chi connectivity index (χ1) is 15.2. The molecule has 0 unspecified atom stereocenters. The predicted octanol–water partition coefficient (Wildman–Crippen LogP) is 3.92. The van der Waals surface area contributed by atoms with Crippen LogP contribution in [0.25, 0.3) is 10.9 Å². The highest BCUT2D eigenvalue weighted by molar-refractivity contribution is 8.00. The summed E-state index contributed by atoms with van der Waals surface area (Å²) >= 11 is 1.49. The van der Waals surface area contributed by atoms with E-state index in [9.17, 15) is 4.79 Å². The summed E-state index contributed by atoms with van der Waals surface area (Å²) in [6, 6.07) is 16.0. The van der Waals surface area contributed by atoms with E-state index in [-0.39, 0.29) is 5.91 Å². The molecule has 0 N–H and O–H groups in total. The number of rotatable bonds is 7. The first-order valence-electron chi connectivity index (χ1n) is 10.7. The smallest absolute Gasteiger partial charge is 0.237 e. The Hall–Kier alpha value is -2.48. The van der Waals surface area contributed by atoms with Crippen molar-refractivity contribution in [2.45, 2.75) is 25.4 Å². The van der Waals surface area contributed by atoms with Crippen molar-refractivity contribution in [3.8, 4) is 0 Å². The number of hydrogen-bond donors (Lipinski definition) is 0. The number of nitrogens with zero attached hydrogens (tertiary/aromatic N) is 4. The normalized spacial score (nSPS) is 14.6. The molecule has 1 aromatic heterocycles. The van der Waals surface area contributed by atoms with E-state index in [0.717, 1.165) is 59.3 Å². The van der Waals surface area contributed by atoms with E-state index in [1.54, 1.807) is 0 Å². The molecule has 162 valence electrons. The third-order valence-electron chi connectivity index (χ3n) is 5.44. The summed E-state index contributed by atoms with van der Waals surface area (Å²) in [6.45, 7) is 8.64. The van der Waals surface area contributed by atoms with Gasteiger partial charge in [-0.05, 0) is 31.5 Å². The maximum Gasteiger partial charge on any atom is 0.237 e. The van der Waals surface area contributed by atoms with Crippen molar-refractivity contribution in [1.82, 2.24) is 14.9 Å². The number of para-hydroxylation sites is 2. The summed E-state index contributed by atoms with van der Waals surface area (Å²) in [7, 11) is 0. The molecule has 1 saturated heterocycles. The van der Waals surface area contributed by atoms with Gasteiger partial charge >= 0.3 is 0 Å². The van der Waals surface area contributed by atoms with Crippen LogP contribution in [0, 0.1) is 6.92 Å². The van der Waals surface area contributed by atoms with Gasteiger partial charge in [-0.2, -0.15) is 0 Å². The van der Waals surface area contributed by atoms with Crippen molar-refractivity contribution < 1.29 is 9.53 Å². The zero-order valence-electron chi connectivity index (χ0n) is 18.1. The predicted molar refractivity (Wildman–Crippen MR) is 126 cm³/mol. The molecule has 2 heterocycles. The van der Waals surface area contributed by atoms with Crippen molar-refractivity contribution in [1.29, 1.82) is 0 Å². The minimum absolute atomic E-state index is 0.0826. The molecular formula is C24H28N4O2S. The summed E-state index contributed by atoms with van der Waals surface area (Å²) in [4.78, 5) is 26.8. The minimum Gasteiger partial charge on any atom is -0.379 e. The van der Waals surface area contributed by atoms with Crippen LogP contribution in [-0.2, 0) is 16.1 Å². The highest BCUT2D eigenvalue weighted by Crippen LogP contribution is 2.27. The quantitative estimate of drug-likeness (QED) is 0.413. The van der Waals surface area contributed by atoms with Crippen LogP contribution in [0.1, 0.15) is 18.3 Å².